The van der Waals surface area contributed by atoms with Gasteiger partial charge in [0.05, 0.1) is 22.9 Å². The van der Waals surface area contributed by atoms with Crippen molar-refractivity contribution in [3.8, 4) is 5.75 Å². The first-order valence-corrected chi connectivity index (χ1v) is 7.55. The van der Waals surface area contributed by atoms with Gasteiger partial charge in [-0.2, -0.15) is 4.99 Å². The summed E-state index contributed by atoms with van der Waals surface area (Å²) in [7, 11) is -2.19. The molecule has 0 saturated heterocycles. The second kappa shape index (κ2) is 5.96. The van der Waals surface area contributed by atoms with Crippen molar-refractivity contribution in [2.24, 2.45) is 4.99 Å². The summed E-state index contributed by atoms with van der Waals surface area (Å²) in [6.45, 7) is 0. The van der Waals surface area contributed by atoms with Crippen LogP contribution in [0.3, 0.4) is 0 Å². The molecule has 6 heteroatoms. The van der Waals surface area contributed by atoms with Crippen LogP contribution in [-0.2, 0) is 9.84 Å². The van der Waals surface area contributed by atoms with Crippen LogP contribution < -0.4 is 4.74 Å². The van der Waals surface area contributed by atoms with Gasteiger partial charge in [-0.25, -0.2) is 8.42 Å². The normalized spacial score (nSPS) is 10.7. The van der Waals surface area contributed by atoms with Crippen LogP contribution in [0.25, 0.3) is 0 Å². The van der Waals surface area contributed by atoms with Crippen molar-refractivity contribution >= 4 is 32.9 Å². The highest BCUT2D eigenvalue weighted by atomic mass is 32.2. The zero-order valence-corrected chi connectivity index (χ0v) is 12.2. The van der Waals surface area contributed by atoms with Crippen LogP contribution in [0.1, 0.15) is 0 Å². The highest BCUT2D eigenvalue weighted by Gasteiger charge is 2.21. The average molecular weight is 305 g/mol. The Balaban J connectivity index is 2.52. The molecule has 2 aromatic carbocycles. The van der Waals surface area contributed by atoms with Gasteiger partial charge in [-0.1, -0.05) is 12.1 Å². The summed E-state index contributed by atoms with van der Waals surface area (Å²) in [6.07, 6.45) is 0. The lowest BCUT2D eigenvalue weighted by Gasteiger charge is -2.09. The molecule has 2 rings (SSSR count). The molecule has 0 aliphatic heterocycles. The summed E-state index contributed by atoms with van der Waals surface area (Å²) >= 11 is 4.50. The molecule has 0 unspecified atom stereocenters. The third kappa shape index (κ3) is 2.77. The van der Waals surface area contributed by atoms with E-state index in [2.05, 4.69) is 22.4 Å². The number of isothiocyanates is 1. The van der Waals surface area contributed by atoms with E-state index in [0.29, 0.717) is 11.4 Å². The van der Waals surface area contributed by atoms with Gasteiger partial charge < -0.3 is 4.74 Å². The number of benzene rings is 2. The van der Waals surface area contributed by atoms with Gasteiger partial charge in [0.25, 0.3) is 0 Å². The van der Waals surface area contributed by atoms with E-state index in [0.717, 1.165) is 0 Å². The number of para-hydroxylation sites is 1. The number of methoxy groups -OCH3 is 1. The minimum absolute atomic E-state index is 0.133. The number of rotatable bonds is 4. The van der Waals surface area contributed by atoms with E-state index >= 15 is 0 Å². The van der Waals surface area contributed by atoms with E-state index in [1.54, 1.807) is 30.3 Å². The second-order valence-corrected chi connectivity index (χ2v) is 5.95. The Morgan fingerprint density at radius 1 is 1.10 bits per heavy atom. The fraction of sp³-hybridized carbons (Fsp3) is 0.0714. The first kappa shape index (κ1) is 14.4. The maximum absolute atomic E-state index is 12.5. The molecule has 0 aliphatic carbocycles. The quantitative estimate of drug-likeness (QED) is 0.642. The van der Waals surface area contributed by atoms with Gasteiger partial charge >= 0.3 is 0 Å². The Labute approximate surface area is 122 Å². The van der Waals surface area contributed by atoms with Crippen molar-refractivity contribution < 1.29 is 13.2 Å². The number of aliphatic imine (C=N–C) groups is 1. The molecule has 4 nitrogen and oxygen atoms in total. The molecule has 0 aromatic heterocycles. The third-order valence-corrected chi connectivity index (χ3v) is 4.58. The Bertz CT molecular complexity index is 761. The van der Waals surface area contributed by atoms with E-state index in [-0.39, 0.29) is 9.79 Å². The number of hydrogen-bond donors (Lipinski definition) is 0. The van der Waals surface area contributed by atoms with Gasteiger partial charge in [-0.3, -0.25) is 0 Å². The fourth-order valence-electron chi connectivity index (χ4n) is 1.72. The predicted octanol–water partition coefficient (Wildman–Crippen LogP) is 3.26. The molecule has 0 atom stereocenters. The lowest BCUT2D eigenvalue weighted by molar-refractivity contribution is 0.402. The Hall–Kier alpha value is -2.01. The number of thiocarbonyl (C=S) groups is 1. The summed E-state index contributed by atoms with van der Waals surface area (Å²) in [4.78, 5) is 4.09. The van der Waals surface area contributed by atoms with Gasteiger partial charge in [0.15, 0.2) is 0 Å². The largest absolute Gasteiger partial charge is 0.495 e. The molecule has 0 bridgehead atoms. The Morgan fingerprint density at radius 2 is 1.75 bits per heavy atom. The molecular formula is C14H11NO3S2. The summed E-state index contributed by atoms with van der Waals surface area (Å²) in [6, 6.07) is 12.6. The van der Waals surface area contributed by atoms with E-state index in [1.165, 1.54) is 25.3 Å². The Kier molecular flexibility index (Phi) is 4.29. The second-order valence-electron chi connectivity index (χ2n) is 3.85. The molecule has 0 radical (unpaired) electrons. The Morgan fingerprint density at radius 3 is 2.35 bits per heavy atom. The van der Waals surface area contributed by atoms with Crippen molar-refractivity contribution in [1.82, 2.24) is 0 Å². The number of ether oxygens (including phenoxy) is 1. The van der Waals surface area contributed by atoms with E-state index in [1.807, 2.05) is 0 Å². The van der Waals surface area contributed by atoms with Crippen LogP contribution in [0.2, 0.25) is 0 Å². The molecule has 102 valence electrons. The van der Waals surface area contributed by atoms with Crippen molar-refractivity contribution in [2.75, 3.05) is 7.11 Å². The minimum Gasteiger partial charge on any atom is -0.495 e. The van der Waals surface area contributed by atoms with Crippen LogP contribution in [-0.4, -0.2) is 20.7 Å². The predicted molar refractivity (Wildman–Crippen MR) is 79.6 cm³/mol. The molecule has 0 spiro atoms. The number of sulfone groups is 1. The van der Waals surface area contributed by atoms with E-state index in [9.17, 15) is 8.42 Å². The van der Waals surface area contributed by atoms with Crippen molar-refractivity contribution in [1.29, 1.82) is 0 Å². The highest BCUT2D eigenvalue weighted by molar-refractivity contribution is 7.91. The van der Waals surface area contributed by atoms with Crippen LogP contribution in [0, 0.1) is 0 Å². The van der Waals surface area contributed by atoms with Crippen LogP contribution in [0.4, 0.5) is 5.69 Å². The van der Waals surface area contributed by atoms with Gasteiger partial charge in [-0.15, -0.1) is 0 Å². The zero-order valence-electron chi connectivity index (χ0n) is 10.6. The lowest BCUT2D eigenvalue weighted by Crippen LogP contribution is -2.03. The number of hydrogen-bond acceptors (Lipinski definition) is 5. The smallest absolute Gasteiger partial charge is 0.210 e. The first-order valence-electron chi connectivity index (χ1n) is 5.65. The molecular weight excluding hydrogens is 294 g/mol. The van der Waals surface area contributed by atoms with Gasteiger partial charge in [0.2, 0.25) is 9.84 Å². The summed E-state index contributed by atoms with van der Waals surface area (Å²) in [5.74, 6) is 0.313. The third-order valence-electron chi connectivity index (χ3n) is 2.68. The monoisotopic (exact) mass is 305 g/mol. The van der Waals surface area contributed by atoms with Crippen molar-refractivity contribution in [3.05, 3.63) is 48.5 Å². The van der Waals surface area contributed by atoms with Crippen LogP contribution in [0.15, 0.2) is 63.3 Å². The van der Waals surface area contributed by atoms with Crippen LogP contribution >= 0.6 is 12.2 Å². The standard InChI is InChI=1S/C14H11NO3S2/c1-18-13-4-2-3-5-14(13)20(16,17)12-8-6-11(7-9-12)15-10-19/h2-9H,1H3. The molecule has 0 saturated carbocycles. The van der Waals surface area contributed by atoms with Crippen molar-refractivity contribution in [2.45, 2.75) is 9.79 Å². The van der Waals surface area contributed by atoms with Gasteiger partial charge in [0, 0.05) is 0 Å². The lowest BCUT2D eigenvalue weighted by atomic mass is 10.3. The topological polar surface area (TPSA) is 55.7 Å². The molecule has 0 heterocycles. The summed E-state index contributed by atoms with van der Waals surface area (Å²) in [5.41, 5.74) is 0.555. The molecule has 0 fully saturated rings. The minimum atomic E-state index is -3.63. The summed E-state index contributed by atoms with van der Waals surface area (Å²) in [5, 5.41) is 2.23. The SMILES string of the molecule is COc1ccccc1S(=O)(=O)c1ccc(N=C=S)cc1. The first-order chi connectivity index (χ1) is 9.59. The molecule has 0 N–H and O–H groups in total. The fourth-order valence-corrected chi connectivity index (χ4v) is 3.25. The molecule has 20 heavy (non-hydrogen) atoms. The van der Waals surface area contributed by atoms with Crippen molar-refractivity contribution in [3.63, 3.8) is 0 Å². The molecule has 0 amide bonds. The van der Waals surface area contributed by atoms with E-state index < -0.39 is 9.84 Å². The van der Waals surface area contributed by atoms with Gasteiger partial charge in [0.1, 0.15) is 10.6 Å². The van der Waals surface area contributed by atoms with E-state index in [4.69, 9.17) is 4.74 Å². The van der Waals surface area contributed by atoms with Gasteiger partial charge in [-0.05, 0) is 48.6 Å². The number of nitrogens with zero attached hydrogens (tertiary/aromatic N) is 1. The van der Waals surface area contributed by atoms with Crippen LogP contribution in [0.5, 0.6) is 5.75 Å². The summed E-state index contributed by atoms with van der Waals surface area (Å²) < 4.78 is 30.2. The maximum atomic E-state index is 12.5. The molecule has 2 aromatic rings. The zero-order chi connectivity index (χ0) is 14.6. The maximum Gasteiger partial charge on any atom is 0.210 e. The molecule has 0 aliphatic rings. The highest BCUT2D eigenvalue weighted by Crippen LogP contribution is 2.29. The average Bonchev–Trinajstić information content (AvgIpc) is 2.48.